The topological polar surface area (TPSA) is 61.8 Å². The van der Waals surface area contributed by atoms with Gasteiger partial charge in [-0.3, -0.25) is 0 Å². The lowest BCUT2D eigenvalue weighted by Crippen LogP contribution is -2.30. The zero-order valence-corrected chi connectivity index (χ0v) is 12.6. The molecule has 0 aliphatic heterocycles. The Morgan fingerprint density at radius 3 is 2.67 bits per heavy atom. The van der Waals surface area contributed by atoms with Crippen molar-refractivity contribution >= 4 is 27.5 Å². The predicted octanol–water partition coefficient (Wildman–Crippen LogP) is 3.03. The molecule has 1 aromatic rings. The second-order valence-electron chi connectivity index (χ2n) is 4.58. The summed E-state index contributed by atoms with van der Waals surface area (Å²) in [5.74, 6) is 0.683. The third-order valence-electron chi connectivity index (χ3n) is 2.65. The molecule has 0 unspecified atom stereocenters. The molecule has 18 heavy (non-hydrogen) atoms. The SMILES string of the molecule is CCN(CC(C)C)c1ccc(Br)cc1/C(N)=N/O. The lowest BCUT2D eigenvalue weighted by molar-refractivity contribution is 0.318. The highest BCUT2D eigenvalue weighted by molar-refractivity contribution is 9.10. The molecule has 0 amide bonds. The molecule has 0 bridgehead atoms. The van der Waals surface area contributed by atoms with Crippen LogP contribution in [-0.4, -0.2) is 24.1 Å². The highest BCUT2D eigenvalue weighted by Gasteiger charge is 2.14. The first-order valence-corrected chi connectivity index (χ1v) is 6.81. The van der Waals surface area contributed by atoms with E-state index in [2.05, 4.69) is 46.8 Å². The summed E-state index contributed by atoms with van der Waals surface area (Å²) in [5, 5.41) is 12.0. The molecule has 0 fully saturated rings. The number of benzene rings is 1. The molecule has 0 heterocycles. The number of anilines is 1. The monoisotopic (exact) mass is 313 g/mol. The number of hydrogen-bond acceptors (Lipinski definition) is 3. The van der Waals surface area contributed by atoms with Crippen molar-refractivity contribution in [3.05, 3.63) is 28.2 Å². The third kappa shape index (κ3) is 3.63. The number of nitrogens with zero attached hydrogens (tertiary/aromatic N) is 2. The van der Waals surface area contributed by atoms with Gasteiger partial charge in [0.1, 0.15) is 0 Å². The van der Waals surface area contributed by atoms with E-state index in [0.717, 1.165) is 28.8 Å². The molecule has 4 nitrogen and oxygen atoms in total. The van der Waals surface area contributed by atoms with Crippen molar-refractivity contribution in [1.82, 2.24) is 0 Å². The second-order valence-corrected chi connectivity index (χ2v) is 5.49. The standard InChI is InChI=1S/C13H20BrN3O/c1-4-17(8-9(2)3)12-6-5-10(14)7-11(12)13(15)16-18/h5-7,9,18H,4,8H2,1-3H3,(H2,15,16). The van der Waals surface area contributed by atoms with Crippen LogP contribution < -0.4 is 10.6 Å². The molecule has 0 radical (unpaired) electrons. The molecule has 0 aromatic heterocycles. The summed E-state index contributed by atoms with van der Waals surface area (Å²) >= 11 is 3.40. The van der Waals surface area contributed by atoms with Crippen LogP contribution in [0.5, 0.6) is 0 Å². The van der Waals surface area contributed by atoms with Crippen LogP contribution in [0, 0.1) is 5.92 Å². The van der Waals surface area contributed by atoms with Crippen molar-refractivity contribution < 1.29 is 5.21 Å². The van der Waals surface area contributed by atoms with Crippen molar-refractivity contribution in [1.29, 1.82) is 0 Å². The first kappa shape index (κ1) is 14.8. The van der Waals surface area contributed by atoms with Gasteiger partial charge in [-0.05, 0) is 31.0 Å². The van der Waals surface area contributed by atoms with Gasteiger partial charge in [0, 0.05) is 28.8 Å². The van der Waals surface area contributed by atoms with Crippen molar-refractivity contribution in [3.8, 4) is 0 Å². The van der Waals surface area contributed by atoms with E-state index in [0.29, 0.717) is 5.92 Å². The molecule has 0 saturated carbocycles. The Hall–Kier alpha value is -1.23. The minimum atomic E-state index is 0.133. The van der Waals surface area contributed by atoms with Gasteiger partial charge in [0.2, 0.25) is 0 Å². The van der Waals surface area contributed by atoms with Crippen molar-refractivity contribution in [2.24, 2.45) is 16.8 Å². The number of hydrogen-bond donors (Lipinski definition) is 2. The molecule has 0 aliphatic carbocycles. The lowest BCUT2D eigenvalue weighted by atomic mass is 10.1. The van der Waals surface area contributed by atoms with Crippen LogP contribution in [0.3, 0.4) is 0 Å². The first-order valence-electron chi connectivity index (χ1n) is 6.02. The molecular weight excluding hydrogens is 294 g/mol. The zero-order valence-electron chi connectivity index (χ0n) is 11.0. The van der Waals surface area contributed by atoms with E-state index in [4.69, 9.17) is 10.9 Å². The molecule has 100 valence electrons. The minimum Gasteiger partial charge on any atom is -0.409 e. The maximum absolute atomic E-state index is 8.87. The summed E-state index contributed by atoms with van der Waals surface area (Å²) in [6.45, 7) is 8.26. The Balaban J connectivity index is 3.21. The molecule has 1 aromatic carbocycles. The van der Waals surface area contributed by atoms with Gasteiger partial charge >= 0.3 is 0 Å². The Bertz CT molecular complexity index is 432. The fourth-order valence-electron chi connectivity index (χ4n) is 1.88. The summed E-state index contributed by atoms with van der Waals surface area (Å²) in [6, 6.07) is 5.82. The average molecular weight is 314 g/mol. The third-order valence-corrected chi connectivity index (χ3v) is 3.14. The van der Waals surface area contributed by atoms with Gasteiger partial charge in [-0.1, -0.05) is 34.9 Å². The van der Waals surface area contributed by atoms with Gasteiger partial charge in [0.05, 0.1) is 0 Å². The van der Waals surface area contributed by atoms with Crippen LogP contribution in [0.4, 0.5) is 5.69 Å². The Kier molecular flexibility index (Phi) is 5.47. The average Bonchev–Trinajstić information content (AvgIpc) is 2.35. The number of halogens is 1. The Labute approximate surface area is 117 Å². The minimum absolute atomic E-state index is 0.133. The summed E-state index contributed by atoms with van der Waals surface area (Å²) in [7, 11) is 0. The van der Waals surface area contributed by atoms with E-state index in [1.54, 1.807) is 0 Å². The summed E-state index contributed by atoms with van der Waals surface area (Å²) in [6.07, 6.45) is 0. The molecule has 0 spiro atoms. The van der Waals surface area contributed by atoms with Crippen molar-refractivity contribution in [2.75, 3.05) is 18.0 Å². The van der Waals surface area contributed by atoms with Gasteiger partial charge in [-0.15, -0.1) is 0 Å². The zero-order chi connectivity index (χ0) is 13.7. The summed E-state index contributed by atoms with van der Waals surface area (Å²) in [5.41, 5.74) is 7.48. The van der Waals surface area contributed by atoms with Crippen LogP contribution in [0.1, 0.15) is 26.3 Å². The molecular formula is C13H20BrN3O. The quantitative estimate of drug-likeness (QED) is 0.380. The molecule has 5 heteroatoms. The van der Waals surface area contributed by atoms with Gasteiger partial charge in [-0.2, -0.15) is 0 Å². The Morgan fingerprint density at radius 1 is 1.50 bits per heavy atom. The fourth-order valence-corrected chi connectivity index (χ4v) is 2.24. The molecule has 0 atom stereocenters. The van der Waals surface area contributed by atoms with Gasteiger partial charge in [0.25, 0.3) is 0 Å². The number of rotatable bonds is 5. The van der Waals surface area contributed by atoms with Gasteiger partial charge < -0.3 is 15.8 Å². The molecule has 0 aliphatic rings. The maximum atomic E-state index is 8.87. The number of nitrogens with two attached hydrogens (primary N) is 1. The summed E-state index contributed by atoms with van der Waals surface area (Å²) < 4.78 is 0.911. The van der Waals surface area contributed by atoms with Crippen LogP contribution in [0.2, 0.25) is 0 Å². The van der Waals surface area contributed by atoms with Crippen LogP contribution in [0.25, 0.3) is 0 Å². The highest BCUT2D eigenvalue weighted by Crippen LogP contribution is 2.25. The smallest absolute Gasteiger partial charge is 0.172 e. The van der Waals surface area contributed by atoms with Crippen molar-refractivity contribution in [2.45, 2.75) is 20.8 Å². The molecule has 0 saturated heterocycles. The van der Waals surface area contributed by atoms with Gasteiger partial charge in [0.15, 0.2) is 5.84 Å². The number of oxime groups is 1. The highest BCUT2D eigenvalue weighted by atomic mass is 79.9. The normalized spacial score (nSPS) is 11.9. The van der Waals surface area contributed by atoms with E-state index < -0.39 is 0 Å². The molecule has 3 N–H and O–H groups in total. The van der Waals surface area contributed by atoms with E-state index in [9.17, 15) is 0 Å². The lowest BCUT2D eigenvalue weighted by Gasteiger charge is -2.27. The molecule has 1 rings (SSSR count). The van der Waals surface area contributed by atoms with Crippen LogP contribution in [0.15, 0.2) is 27.8 Å². The van der Waals surface area contributed by atoms with Crippen molar-refractivity contribution in [3.63, 3.8) is 0 Å². The maximum Gasteiger partial charge on any atom is 0.172 e. The van der Waals surface area contributed by atoms with E-state index in [-0.39, 0.29) is 5.84 Å². The predicted molar refractivity (Wildman–Crippen MR) is 79.4 cm³/mol. The summed E-state index contributed by atoms with van der Waals surface area (Å²) in [4.78, 5) is 2.23. The van der Waals surface area contributed by atoms with E-state index >= 15 is 0 Å². The van der Waals surface area contributed by atoms with Gasteiger partial charge in [-0.25, -0.2) is 0 Å². The van der Waals surface area contributed by atoms with E-state index in [1.807, 2.05) is 18.2 Å². The second kappa shape index (κ2) is 6.64. The number of amidine groups is 1. The van der Waals surface area contributed by atoms with Crippen LogP contribution in [-0.2, 0) is 0 Å². The first-order chi connectivity index (χ1) is 8.49. The largest absolute Gasteiger partial charge is 0.409 e. The van der Waals surface area contributed by atoms with Crippen LogP contribution >= 0.6 is 15.9 Å². The van der Waals surface area contributed by atoms with E-state index in [1.165, 1.54) is 0 Å². The fraction of sp³-hybridized carbons (Fsp3) is 0.462. The Morgan fingerprint density at radius 2 is 2.17 bits per heavy atom.